The van der Waals surface area contributed by atoms with E-state index in [1.807, 2.05) is 221 Å². The van der Waals surface area contributed by atoms with Gasteiger partial charge in [0.1, 0.15) is 41.6 Å². The van der Waals surface area contributed by atoms with Crippen molar-refractivity contribution >= 4 is 160 Å². The molecule has 43 heteroatoms. The monoisotopic (exact) mass is 2120 g/mol. The number of aromatic nitrogens is 16. The van der Waals surface area contributed by atoms with E-state index in [0.717, 1.165) is 185 Å². The molecule has 0 saturated carbocycles. The Morgan fingerprint density at radius 3 is 0.844 bits per heavy atom. The third-order valence-electron chi connectivity index (χ3n) is 23.3. The Hall–Kier alpha value is -15.5. The molecule has 21 rings (SSSR count). The number of hydrogen-bond donors (Lipinski definition) is 5. The third kappa shape index (κ3) is 21.8. The van der Waals surface area contributed by atoms with Gasteiger partial charge in [-0.05, 0) is 131 Å². The van der Waals surface area contributed by atoms with Crippen molar-refractivity contribution < 1.29 is 65.4 Å². The number of esters is 3. The molecule has 21 aromatic rings. The number of thioether (sulfide) groups is 4. The molecule has 0 fully saturated rings. The van der Waals surface area contributed by atoms with Gasteiger partial charge in [0.05, 0.1) is 62.0 Å². The van der Waals surface area contributed by atoms with Crippen molar-refractivity contribution in [2.75, 3.05) is 36.7 Å². The largest absolute Gasteiger partial charge is 0.519 e. The minimum absolute atomic E-state index is 0.171. The number of aromatic carboxylic acids is 1. The highest BCUT2D eigenvalue weighted by Crippen LogP contribution is 2.44. The van der Waals surface area contributed by atoms with E-state index in [0.29, 0.717) is 86.6 Å². The molecule has 0 radical (unpaired) electrons. The molecule has 8 aromatic carbocycles. The Morgan fingerprint density at radius 2 is 0.605 bits per heavy atom. The number of carbonyl (C=O) groups is 4. The molecular weight excluding hydrogens is 2030 g/mol. The van der Waals surface area contributed by atoms with E-state index in [1.165, 1.54) is 52.5 Å². The second-order valence-corrected chi connectivity index (χ2v) is 42.5. The van der Waals surface area contributed by atoms with Crippen LogP contribution in [0.1, 0.15) is 127 Å². The Balaban J connectivity index is 0.000000129. The van der Waals surface area contributed by atoms with Crippen LogP contribution in [0.4, 0.5) is 0 Å². The molecule has 0 aliphatic rings. The summed E-state index contributed by atoms with van der Waals surface area (Å²) in [6.45, 7) is 21.7. The lowest BCUT2D eigenvalue weighted by atomic mass is 9.98. The van der Waals surface area contributed by atoms with E-state index < -0.39 is 40.8 Å². The van der Waals surface area contributed by atoms with Crippen molar-refractivity contribution in [1.82, 2.24) is 78.8 Å². The number of nitrogens with zero attached hydrogens (tertiary/aromatic N) is 12. The van der Waals surface area contributed by atoms with Crippen LogP contribution < -0.4 is 28.8 Å². The molecule has 0 bridgehead atoms. The number of carboxylic acids is 1. The average molecular weight is 2120 g/mol. The van der Waals surface area contributed by atoms with Crippen LogP contribution in [-0.4, -0.2) is 144 Å². The number of benzene rings is 8. The topological polar surface area (TPSA) is 466 Å². The summed E-state index contributed by atoms with van der Waals surface area (Å²) >= 11 is 11.9. The Bertz CT molecular complexity index is 8760. The molecular formula is C104H90N16O19S8. The number of fused-ring (bicyclic) bond motifs is 4. The fourth-order valence-corrected chi connectivity index (χ4v) is 23.6. The van der Waals surface area contributed by atoms with Crippen LogP contribution >= 0.6 is 92.4 Å². The van der Waals surface area contributed by atoms with Crippen LogP contribution in [-0.2, 0) is 47.0 Å². The highest BCUT2D eigenvalue weighted by Gasteiger charge is 2.31. The number of nitrogens with one attached hydrogen (secondary N) is 4. The first kappa shape index (κ1) is 102. The number of carbonyl (C=O) groups excluding carboxylic acids is 3. The molecule has 748 valence electrons. The molecule has 0 saturated heterocycles. The van der Waals surface area contributed by atoms with Gasteiger partial charge in [-0.1, -0.05) is 289 Å². The Labute approximate surface area is 867 Å². The van der Waals surface area contributed by atoms with Gasteiger partial charge in [-0.2, -0.15) is 0 Å². The smallest absolute Gasteiger partial charge is 0.477 e. The first-order valence-electron chi connectivity index (χ1n) is 46.0. The number of thiophene rings is 4. The lowest BCUT2D eigenvalue weighted by molar-refractivity contribution is 0.0448. The van der Waals surface area contributed by atoms with Gasteiger partial charge in [0.15, 0.2) is 62.1 Å². The summed E-state index contributed by atoms with van der Waals surface area (Å²) < 4.78 is 52.7. The number of aromatic amines is 4. The molecule has 0 atom stereocenters. The van der Waals surface area contributed by atoms with E-state index in [2.05, 4.69) is 104 Å². The fourth-order valence-electron chi connectivity index (χ4n) is 16.8. The zero-order valence-corrected chi connectivity index (χ0v) is 87.0. The lowest BCUT2D eigenvalue weighted by Crippen LogP contribution is -2.08. The summed E-state index contributed by atoms with van der Waals surface area (Å²) in [5, 5.41) is 28.4. The van der Waals surface area contributed by atoms with Gasteiger partial charge in [-0.3, -0.25) is 38.0 Å². The first-order chi connectivity index (χ1) is 71.3. The Kier molecular flexibility index (Phi) is 31.1. The molecule has 0 aliphatic heterocycles. The van der Waals surface area contributed by atoms with Crippen LogP contribution in [0.3, 0.4) is 0 Å². The fraction of sp³-hybridized carbons (Fsp3) is 0.202. The predicted octanol–water partition coefficient (Wildman–Crippen LogP) is 22.2. The number of aryl methyl sites for hydroxylation is 5. The molecule has 0 amide bonds. The molecule has 5 N–H and O–H groups in total. The van der Waals surface area contributed by atoms with E-state index in [9.17, 15) is 48.3 Å². The number of H-pyrrole nitrogens is 4. The van der Waals surface area contributed by atoms with E-state index in [4.69, 9.17) is 52.0 Å². The van der Waals surface area contributed by atoms with Crippen LogP contribution in [0, 0.1) is 34.6 Å². The van der Waals surface area contributed by atoms with Crippen LogP contribution in [0.5, 0.6) is 0 Å². The number of methoxy groups -OCH3 is 1. The standard InChI is InChI=1S/C29H24N4O7S2.C26H24N4O4S2.C25H22N4O4S2.C24H20N4O4S2/c1-4-41-27-30-22-16(3)42-24(26(34)37-14-21-15(2)38-29(36)39-21)23(22)33(27)13-17-9-11-18(12-10-17)19-7-5-6-8-20(19)25-31-28(35)40-32-25;1-4-33-24(31)22-21-20(15(3)36-22)27-25(35-5-2)30(21)14-16-10-12-17(13-11-16)18-8-6-7-9-19(18)23-28-26(32)34-29-23;1-4-34-24-26-19-14(2)35-21(23(30)32-3)20(19)29(24)13-15-9-11-16(12-10-15)17-7-5-6-8-18(17)22-27-25(31)33-28-22;1-3-33-23-25-18-13(2)34-20(22(29)30)19(18)28(23)12-14-8-10-15(11-9-14)16-6-4-5-7-17(16)21-26-24(31)32-27-21/h5-12H,4,13-14H2,1-3H3,(H,31,32,35);6-13H,4-5,14H2,1-3H3,(H,28,29,32);5-12H,4,13H2,1-3H3,(H,27,28,31);4-11H,3,12H2,1-2H3,(H,29,30)(H,26,27,31). The van der Waals surface area contributed by atoms with Crippen molar-refractivity contribution in [3.05, 3.63) is 320 Å². The quantitative estimate of drug-likeness (QED) is 0.0153. The van der Waals surface area contributed by atoms with Crippen molar-refractivity contribution in [2.24, 2.45) is 0 Å². The van der Waals surface area contributed by atoms with Gasteiger partial charge in [0.2, 0.25) is 0 Å². The third-order valence-corrected chi connectivity index (χ3v) is 31.0. The SMILES string of the molecule is CCOC(=O)c1sc(C)c2nc(SCC)n(Cc3ccc(-c4ccccc4-c4noc(=O)[nH]4)cc3)c12.CCSc1nc2c(C)sc(C(=O)O)c2n1Cc1ccc(-c2ccccc2-c2noc(=O)[nH]2)cc1.CCSc1nc2c(C)sc(C(=O)OC)c2n1Cc1ccc(-c2ccccc2-c2noc(=O)[nH]2)cc1.CCSc1nc2c(C)sc(C(=O)OCc3oc(=O)oc3C)c2n1Cc1ccc(-c2ccccc2-c2noc(=O)[nH]2)cc1. The summed E-state index contributed by atoms with van der Waals surface area (Å²) in [4.78, 5) is 143. The highest BCUT2D eigenvalue weighted by molar-refractivity contribution is 7.99. The van der Waals surface area contributed by atoms with Gasteiger partial charge >= 0.3 is 52.7 Å². The maximum absolute atomic E-state index is 13.2. The minimum atomic E-state index is -0.935. The maximum Gasteiger partial charge on any atom is 0.519 e. The summed E-state index contributed by atoms with van der Waals surface area (Å²) in [5.74, 6) is -0.0169. The van der Waals surface area contributed by atoms with E-state index in [-0.39, 0.29) is 30.1 Å². The van der Waals surface area contributed by atoms with Gasteiger partial charge in [0, 0.05) is 41.8 Å². The summed E-state index contributed by atoms with van der Waals surface area (Å²) in [6.07, 6.45) is 0. The normalized spacial score (nSPS) is 11.3. The molecule has 0 unspecified atom stereocenters. The lowest BCUT2D eigenvalue weighted by Gasteiger charge is -2.11. The number of ether oxygens (including phenoxy) is 3. The molecule has 13 heterocycles. The number of rotatable bonds is 31. The van der Waals surface area contributed by atoms with E-state index in [1.54, 1.807) is 54.0 Å². The number of carboxylic acid groups (broad SMARTS) is 1. The zero-order chi connectivity index (χ0) is 103. The second-order valence-electron chi connectivity index (χ2n) is 32.7. The van der Waals surface area contributed by atoms with Crippen molar-refractivity contribution in [3.8, 4) is 90.1 Å². The molecule has 147 heavy (non-hydrogen) atoms. The van der Waals surface area contributed by atoms with Crippen molar-refractivity contribution in [1.29, 1.82) is 0 Å². The van der Waals surface area contributed by atoms with Gasteiger partial charge in [-0.15, -0.1) is 45.3 Å². The van der Waals surface area contributed by atoms with Gasteiger partial charge < -0.3 is 46.4 Å². The van der Waals surface area contributed by atoms with Crippen molar-refractivity contribution in [3.63, 3.8) is 0 Å². The summed E-state index contributed by atoms with van der Waals surface area (Å²) in [6, 6.07) is 63.1. The average Bonchev–Trinajstić information content (AvgIpc) is 1.60. The first-order valence-corrected chi connectivity index (χ1v) is 53.2. The molecule has 13 aromatic heterocycles. The highest BCUT2D eigenvalue weighted by atomic mass is 32.2. The van der Waals surface area contributed by atoms with Gasteiger partial charge in [-0.25, -0.2) is 63.1 Å². The Morgan fingerprint density at radius 1 is 0.347 bits per heavy atom. The van der Waals surface area contributed by atoms with Gasteiger partial charge in [0.25, 0.3) is 0 Å². The molecule has 0 spiro atoms. The molecule has 35 nitrogen and oxygen atoms in total. The van der Waals surface area contributed by atoms with E-state index >= 15 is 0 Å². The minimum Gasteiger partial charge on any atom is -0.477 e. The molecule has 0 aliphatic carbocycles. The zero-order valence-electron chi connectivity index (χ0n) is 80.5. The van der Waals surface area contributed by atoms with Crippen LogP contribution in [0.2, 0.25) is 0 Å². The van der Waals surface area contributed by atoms with Crippen LogP contribution in [0.15, 0.2) is 266 Å². The predicted molar refractivity (Wildman–Crippen MR) is 569 cm³/mol. The number of imidazole rings is 4. The summed E-state index contributed by atoms with van der Waals surface area (Å²) in [7, 11) is 1.40. The van der Waals surface area contributed by atoms with Crippen LogP contribution in [0.25, 0.3) is 134 Å². The summed E-state index contributed by atoms with van der Waals surface area (Å²) in [5.41, 5.74) is 21.0. The second kappa shape index (κ2) is 45.0. The van der Waals surface area contributed by atoms with Crippen molar-refractivity contribution in [2.45, 2.75) is 123 Å². The maximum atomic E-state index is 13.2. The number of hydrogen-bond acceptors (Lipinski definition) is 34.